The SMILES string of the molecule is C[C@H](CCCO)CNc1cc(N2CCOCC2)ccc1[N+](=O)[O-]. The lowest BCUT2D eigenvalue weighted by molar-refractivity contribution is -0.383. The highest BCUT2D eigenvalue weighted by Crippen LogP contribution is 2.30. The van der Waals surface area contributed by atoms with Crippen molar-refractivity contribution in [2.24, 2.45) is 5.92 Å². The average Bonchev–Trinajstić information content (AvgIpc) is 2.58. The molecule has 0 aromatic heterocycles. The number of nitrogens with one attached hydrogen (secondary N) is 1. The van der Waals surface area contributed by atoms with Crippen molar-refractivity contribution >= 4 is 17.1 Å². The number of aliphatic hydroxyl groups excluding tert-OH is 1. The molecule has 1 aromatic rings. The van der Waals surface area contributed by atoms with Crippen molar-refractivity contribution in [3.05, 3.63) is 28.3 Å². The van der Waals surface area contributed by atoms with Crippen LogP contribution in [-0.4, -0.2) is 49.5 Å². The number of benzene rings is 1. The summed E-state index contributed by atoms with van der Waals surface area (Å²) in [6.07, 6.45) is 1.64. The summed E-state index contributed by atoms with van der Waals surface area (Å²) in [6.45, 7) is 5.84. The molecule has 1 fully saturated rings. The molecule has 0 spiro atoms. The third-order valence-electron chi connectivity index (χ3n) is 4.05. The van der Waals surface area contributed by atoms with E-state index in [2.05, 4.69) is 17.1 Å². The average molecular weight is 323 g/mol. The number of hydrogen-bond acceptors (Lipinski definition) is 6. The molecule has 128 valence electrons. The molecule has 2 N–H and O–H groups in total. The van der Waals surface area contributed by atoms with Crippen molar-refractivity contribution in [2.75, 3.05) is 49.7 Å². The largest absolute Gasteiger partial charge is 0.396 e. The van der Waals surface area contributed by atoms with Crippen LogP contribution in [0.2, 0.25) is 0 Å². The number of nitro benzene ring substituents is 1. The van der Waals surface area contributed by atoms with Gasteiger partial charge in [0.1, 0.15) is 5.69 Å². The van der Waals surface area contributed by atoms with E-state index in [1.807, 2.05) is 6.07 Å². The number of rotatable bonds is 8. The quantitative estimate of drug-likeness (QED) is 0.563. The molecule has 0 saturated carbocycles. The number of ether oxygens (including phenoxy) is 1. The Balaban J connectivity index is 2.08. The summed E-state index contributed by atoms with van der Waals surface area (Å²) < 4.78 is 5.34. The molecular weight excluding hydrogens is 298 g/mol. The van der Waals surface area contributed by atoms with Crippen LogP contribution in [0.25, 0.3) is 0 Å². The van der Waals surface area contributed by atoms with E-state index in [-0.39, 0.29) is 17.2 Å². The smallest absolute Gasteiger partial charge is 0.292 e. The van der Waals surface area contributed by atoms with Gasteiger partial charge in [-0.05, 0) is 30.9 Å². The van der Waals surface area contributed by atoms with Crippen LogP contribution in [0.3, 0.4) is 0 Å². The minimum absolute atomic E-state index is 0.0939. The van der Waals surface area contributed by atoms with Gasteiger partial charge in [-0.25, -0.2) is 0 Å². The lowest BCUT2D eigenvalue weighted by Gasteiger charge is -2.29. The first-order valence-corrected chi connectivity index (χ1v) is 8.07. The molecule has 0 bridgehead atoms. The van der Waals surface area contributed by atoms with E-state index in [0.717, 1.165) is 31.6 Å². The molecule has 1 atom stereocenters. The van der Waals surface area contributed by atoms with Crippen molar-refractivity contribution in [1.29, 1.82) is 0 Å². The maximum atomic E-state index is 11.2. The third kappa shape index (κ3) is 5.07. The van der Waals surface area contributed by atoms with E-state index in [1.165, 1.54) is 0 Å². The summed E-state index contributed by atoms with van der Waals surface area (Å²) in [6, 6.07) is 5.21. The van der Waals surface area contributed by atoms with Crippen LogP contribution < -0.4 is 10.2 Å². The van der Waals surface area contributed by atoms with Gasteiger partial charge < -0.3 is 20.1 Å². The number of morpholine rings is 1. The van der Waals surface area contributed by atoms with Crippen LogP contribution in [0, 0.1) is 16.0 Å². The minimum atomic E-state index is -0.357. The van der Waals surface area contributed by atoms with Crippen molar-refractivity contribution < 1.29 is 14.8 Å². The van der Waals surface area contributed by atoms with Crippen LogP contribution in [0.5, 0.6) is 0 Å². The molecule has 1 aromatic carbocycles. The zero-order chi connectivity index (χ0) is 16.7. The monoisotopic (exact) mass is 323 g/mol. The second-order valence-corrected chi connectivity index (χ2v) is 5.91. The van der Waals surface area contributed by atoms with E-state index < -0.39 is 0 Å². The summed E-state index contributed by atoms with van der Waals surface area (Å²) in [5, 5.41) is 23.3. The minimum Gasteiger partial charge on any atom is -0.396 e. The topological polar surface area (TPSA) is 87.9 Å². The number of nitrogens with zero attached hydrogens (tertiary/aromatic N) is 2. The predicted molar refractivity (Wildman–Crippen MR) is 90.1 cm³/mol. The fraction of sp³-hybridized carbons (Fsp3) is 0.625. The Morgan fingerprint density at radius 3 is 2.83 bits per heavy atom. The molecule has 7 heteroatoms. The molecule has 1 aliphatic rings. The number of hydrogen-bond donors (Lipinski definition) is 2. The van der Waals surface area contributed by atoms with Crippen molar-refractivity contribution in [3.63, 3.8) is 0 Å². The highest BCUT2D eigenvalue weighted by molar-refractivity contribution is 5.69. The van der Waals surface area contributed by atoms with E-state index in [9.17, 15) is 10.1 Å². The molecule has 1 saturated heterocycles. The molecule has 1 heterocycles. The standard InChI is InChI=1S/C16H25N3O4/c1-13(3-2-8-20)12-17-15-11-14(4-5-16(15)19(21)22)18-6-9-23-10-7-18/h4-5,11,13,17,20H,2-3,6-10,12H2,1H3/t13-/m1/s1. The molecule has 0 amide bonds. The normalized spacial score (nSPS) is 16.2. The lowest BCUT2D eigenvalue weighted by atomic mass is 10.1. The first-order chi connectivity index (χ1) is 11.1. The summed E-state index contributed by atoms with van der Waals surface area (Å²) in [5.74, 6) is 0.341. The maximum Gasteiger partial charge on any atom is 0.292 e. The second-order valence-electron chi connectivity index (χ2n) is 5.91. The van der Waals surface area contributed by atoms with Crippen LogP contribution >= 0.6 is 0 Å². The van der Waals surface area contributed by atoms with E-state index in [0.29, 0.717) is 31.4 Å². The summed E-state index contributed by atoms with van der Waals surface area (Å²) in [7, 11) is 0. The maximum absolute atomic E-state index is 11.2. The number of anilines is 2. The summed E-state index contributed by atoms with van der Waals surface area (Å²) >= 11 is 0. The van der Waals surface area contributed by atoms with Crippen molar-refractivity contribution in [3.8, 4) is 0 Å². The lowest BCUT2D eigenvalue weighted by Crippen LogP contribution is -2.36. The molecule has 7 nitrogen and oxygen atoms in total. The Hall–Kier alpha value is -1.86. The van der Waals surface area contributed by atoms with Gasteiger partial charge in [0, 0.05) is 38.0 Å². The first-order valence-electron chi connectivity index (χ1n) is 8.07. The predicted octanol–water partition coefficient (Wildman–Crippen LogP) is 2.25. The van der Waals surface area contributed by atoms with Gasteiger partial charge in [-0.3, -0.25) is 10.1 Å². The van der Waals surface area contributed by atoms with Gasteiger partial charge in [-0.2, -0.15) is 0 Å². The summed E-state index contributed by atoms with van der Waals surface area (Å²) in [5.41, 5.74) is 1.62. The van der Waals surface area contributed by atoms with Crippen molar-refractivity contribution in [2.45, 2.75) is 19.8 Å². The molecular formula is C16H25N3O4. The molecule has 2 rings (SSSR count). The van der Waals surface area contributed by atoms with E-state index in [4.69, 9.17) is 9.84 Å². The molecule has 23 heavy (non-hydrogen) atoms. The van der Waals surface area contributed by atoms with Crippen LogP contribution in [0.15, 0.2) is 18.2 Å². The Kier molecular flexibility index (Phi) is 6.61. The molecule has 0 aliphatic carbocycles. The van der Waals surface area contributed by atoms with Gasteiger partial charge in [0.15, 0.2) is 0 Å². The zero-order valence-corrected chi connectivity index (χ0v) is 13.5. The van der Waals surface area contributed by atoms with Crippen LogP contribution in [0.1, 0.15) is 19.8 Å². The van der Waals surface area contributed by atoms with Gasteiger partial charge in [-0.15, -0.1) is 0 Å². The van der Waals surface area contributed by atoms with Gasteiger partial charge in [0.05, 0.1) is 18.1 Å². The Morgan fingerprint density at radius 1 is 1.43 bits per heavy atom. The summed E-state index contributed by atoms with van der Waals surface area (Å²) in [4.78, 5) is 13.0. The van der Waals surface area contributed by atoms with Gasteiger partial charge in [0.2, 0.25) is 0 Å². The molecule has 0 radical (unpaired) electrons. The molecule has 1 aliphatic heterocycles. The zero-order valence-electron chi connectivity index (χ0n) is 13.5. The van der Waals surface area contributed by atoms with E-state index in [1.54, 1.807) is 12.1 Å². The fourth-order valence-electron chi connectivity index (χ4n) is 2.67. The van der Waals surface area contributed by atoms with Gasteiger partial charge >= 0.3 is 0 Å². The van der Waals surface area contributed by atoms with Crippen LogP contribution in [-0.2, 0) is 4.74 Å². The van der Waals surface area contributed by atoms with Gasteiger partial charge in [0.25, 0.3) is 5.69 Å². The fourth-order valence-corrected chi connectivity index (χ4v) is 2.67. The second kappa shape index (κ2) is 8.69. The van der Waals surface area contributed by atoms with Crippen LogP contribution in [0.4, 0.5) is 17.1 Å². The highest BCUT2D eigenvalue weighted by atomic mass is 16.6. The highest BCUT2D eigenvalue weighted by Gasteiger charge is 2.18. The Bertz CT molecular complexity index is 518. The van der Waals surface area contributed by atoms with Crippen molar-refractivity contribution in [1.82, 2.24) is 0 Å². The first kappa shape index (κ1) is 17.5. The Labute approximate surface area is 136 Å². The van der Waals surface area contributed by atoms with E-state index >= 15 is 0 Å². The van der Waals surface area contributed by atoms with Gasteiger partial charge in [-0.1, -0.05) is 6.92 Å². The Morgan fingerprint density at radius 2 is 2.17 bits per heavy atom. The third-order valence-corrected chi connectivity index (χ3v) is 4.05. The number of aliphatic hydroxyl groups is 1. The molecule has 0 unspecified atom stereocenters. The number of nitro groups is 1.